The Kier molecular flexibility index (Phi) is 53.6. The molecule has 6 nitrogen and oxygen atoms in total. The zero-order chi connectivity index (χ0) is 51.4. The van der Waals surface area contributed by atoms with E-state index in [1.807, 2.05) is 0 Å². The number of rotatable bonds is 48. The van der Waals surface area contributed by atoms with E-state index in [4.69, 9.17) is 14.2 Å². The molecule has 71 heavy (non-hydrogen) atoms. The molecule has 0 fully saturated rings. The molecule has 0 aromatic heterocycles. The summed E-state index contributed by atoms with van der Waals surface area (Å²) in [6.45, 7) is 6.26. The van der Waals surface area contributed by atoms with Crippen molar-refractivity contribution in [2.45, 2.75) is 219 Å². The molecule has 0 rings (SSSR count). The predicted molar refractivity (Wildman–Crippen MR) is 306 cm³/mol. The average Bonchev–Trinajstić information content (AvgIpc) is 3.37. The van der Waals surface area contributed by atoms with Crippen LogP contribution in [0.25, 0.3) is 0 Å². The monoisotopic (exact) mass is 977 g/mol. The summed E-state index contributed by atoms with van der Waals surface area (Å²) in [5.41, 5.74) is 0. The van der Waals surface area contributed by atoms with Gasteiger partial charge in [-0.25, -0.2) is 0 Å². The topological polar surface area (TPSA) is 78.9 Å². The number of unbranched alkanes of at least 4 members (excludes halogenated alkanes) is 11. The van der Waals surface area contributed by atoms with Gasteiger partial charge in [-0.1, -0.05) is 211 Å². The lowest BCUT2D eigenvalue weighted by Gasteiger charge is -2.18. The third-order valence-electron chi connectivity index (χ3n) is 11.0. The van der Waals surface area contributed by atoms with Gasteiger partial charge in [-0.15, -0.1) is 0 Å². The van der Waals surface area contributed by atoms with Gasteiger partial charge >= 0.3 is 17.9 Å². The molecule has 0 N–H and O–H groups in total. The minimum Gasteiger partial charge on any atom is -0.462 e. The molecule has 1 atom stereocenters. The maximum absolute atomic E-state index is 12.9. The summed E-state index contributed by atoms with van der Waals surface area (Å²) in [5, 5.41) is 0. The molecule has 0 aliphatic rings. The summed E-state index contributed by atoms with van der Waals surface area (Å²) in [6, 6.07) is 0. The molecule has 0 amide bonds. The molecule has 0 heterocycles. The maximum Gasteiger partial charge on any atom is 0.306 e. The Labute approximate surface area is 435 Å². The number of carbonyl (C=O) groups is 3. The third-order valence-corrected chi connectivity index (χ3v) is 11.0. The second-order valence-electron chi connectivity index (χ2n) is 17.7. The summed E-state index contributed by atoms with van der Waals surface area (Å²) in [6.07, 6.45) is 83.7. The van der Waals surface area contributed by atoms with E-state index in [9.17, 15) is 14.4 Å². The Bertz CT molecular complexity index is 1640. The van der Waals surface area contributed by atoms with Gasteiger partial charge in [-0.3, -0.25) is 14.4 Å². The van der Waals surface area contributed by atoms with Crippen molar-refractivity contribution in [3.05, 3.63) is 158 Å². The lowest BCUT2D eigenvalue weighted by molar-refractivity contribution is -0.167. The zero-order valence-corrected chi connectivity index (χ0v) is 45.2. The van der Waals surface area contributed by atoms with Crippen LogP contribution >= 0.6 is 0 Å². The first-order valence-electron chi connectivity index (χ1n) is 28.0. The first kappa shape index (κ1) is 66.0. The SMILES string of the molecule is CC/C=C\C/C=C\C/C=C\C/C=C\C/C=C\CCCC(=O)OC[C@H](COC(=O)CCCCCC/C=C\C/C=C\C/C=C\C/C=C\CC)OC(=O)CCCCC/C=C\C/C=C\C/C=C\C/C=C\CCCCC. The fourth-order valence-electron chi connectivity index (χ4n) is 6.86. The normalized spacial score (nSPS) is 13.3. The number of hydrogen-bond acceptors (Lipinski definition) is 6. The van der Waals surface area contributed by atoms with Gasteiger partial charge in [-0.2, -0.15) is 0 Å². The van der Waals surface area contributed by atoms with Crippen LogP contribution in [0.1, 0.15) is 213 Å². The first-order chi connectivity index (χ1) is 35.0. The summed E-state index contributed by atoms with van der Waals surface area (Å²) in [5.74, 6) is -1.05. The molecule has 0 aromatic carbocycles. The minimum atomic E-state index is -0.837. The highest BCUT2D eigenvalue weighted by atomic mass is 16.6. The fourth-order valence-corrected chi connectivity index (χ4v) is 6.86. The Morgan fingerprint density at radius 1 is 0.296 bits per heavy atom. The van der Waals surface area contributed by atoms with Gasteiger partial charge in [0, 0.05) is 19.3 Å². The second kappa shape index (κ2) is 57.6. The molecule has 0 aliphatic heterocycles. The van der Waals surface area contributed by atoms with Gasteiger partial charge in [0.15, 0.2) is 6.10 Å². The standard InChI is InChI=1S/C65H100O6/c1-4-7-10-13-16-19-22-25-28-31-32-35-38-41-44-47-50-53-56-59-65(68)71-62(60-69-63(66)57-54-51-48-45-42-39-36-33-29-26-23-20-17-14-11-8-5-2)61-70-64(67)58-55-52-49-46-43-40-37-34-30-27-24-21-18-15-12-9-6-3/h8-9,11-12,16-21,25-30,32,35-37,39-41,44-45,48,62H,4-7,10,13-15,22-24,31,33-34,38,42-43,46-47,49-61H2,1-3H3/b11-8-,12-9-,19-16-,20-17-,21-18-,28-25-,29-26-,30-27-,35-32-,39-36-,40-37-,44-41-,48-45-/t62-/m1/s1. The predicted octanol–water partition coefficient (Wildman–Crippen LogP) is 19.0. The largest absolute Gasteiger partial charge is 0.462 e. The van der Waals surface area contributed by atoms with Crippen LogP contribution in [0.5, 0.6) is 0 Å². The van der Waals surface area contributed by atoms with Gasteiger partial charge in [0.25, 0.3) is 0 Å². The van der Waals surface area contributed by atoms with Gasteiger partial charge in [0.05, 0.1) is 0 Å². The molecule has 0 radical (unpaired) electrons. The number of hydrogen-bond donors (Lipinski definition) is 0. The highest BCUT2D eigenvalue weighted by Gasteiger charge is 2.19. The van der Waals surface area contributed by atoms with Gasteiger partial charge in [0.2, 0.25) is 0 Å². The zero-order valence-electron chi connectivity index (χ0n) is 45.2. The van der Waals surface area contributed by atoms with Crippen molar-refractivity contribution in [3.63, 3.8) is 0 Å². The molecule has 0 saturated heterocycles. The lowest BCUT2D eigenvalue weighted by Crippen LogP contribution is -2.30. The van der Waals surface area contributed by atoms with Gasteiger partial charge in [0.1, 0.15) is 13.2 Å². The van der Waals surface area contributed by atoms with E-state index in [2.05, 4.69) is 179 Å². The minimum absolute atomic E-state index is 0.129. The molecule has 396 valence electrons. The van der Waals surface area contributed by atoms with Crippen LogP contribution in [0.2, 0.25) is 0 Å². The summed E-state index contributed by atoms with van der Waals surface area (Å²) < 4.78 is 16.8. The first-order valence-corrected chi connectivity index (χ1v) is 28.0. The molecule has 0 aromatic rings. The second-order valence-corrected chi connectivity index (χ2v) is 17.7. The van der Waals surface area contributed by atoms with E-state index in [0.717, 1.165) is 135 Å². The summed E-state index contributed by atoms with van der Waals surface area (Å²) in [7, 11) is 0. The Morgan fingerprint density at radius 2 is 0.563 bits per heavy atom. The van der Waals surface area contributed by atoms with Crippen molar-refractivity contribution >= 4 is 17.9 Å². The number of allylic oxidation sites excluding steroid dienone is 26. The quantitative estimate of drug-likeness (QED) is 0.0262. The average molecular weight is 978 g/mol. The van der Waals surface area contributed by atoms with Crippen LogP contribution in [0, 0.1) is 0 Å². The highest BCUT2D eigenvalue weighted by Crippen LogP contribution is 2.11. The molecule has 0 bridgehead atoms. The molecule has 0 spiro atoms. The molecular formula is C65H100O6. The van der Waals surface area contributed by atoms with Crippen LogP contribution in [-0.2, 0) is 28.6 Å². The molecule has 6 heteroatoms. The maximum atomic E-state index is 12.9. The van der Waals surface area contributed by atoms with Crippen molar-refractivity contribution in [2.24, 2.45) is 0 Å². The molecule has 0 saturated carbocycles. The van der Waals surface area contributed by atoms with Crippen molar-refractivity contribution in [2.75, 3.05) is 13.2 Å². The number of esters is 3. The van der Waals surface area contributed by atoms with Crippen LogP contribution in [-0.4, -0.2) is 37.2 Å². The Morgan fingerprint density at radius 3 is 0.915 bits per heavy atom. The van der Waals surface area contributed by atoms with Crippen LogP contribution < -0.4 is 0 Å². The van der Waals surface area contributed by atoms with Crippen LogP contribution in [0.3, 0.4) is 0 Å². The van der Waals surface area contributed by atoms with E-state index in [1.54, 1.807) is 0 Å². The molecule has 0 aliphatic carbocycles. The van der Waals surface area contributed by atoms with Crippen molar-refractivity contribution in [1.82, 2.24) is 0 Å². The molecule has 0 unspecified atom stereocenters. The lowest BCUT2D eigenvalue weighted by atomic mass is 10.1. The van der Waals surface area contributed by atoms with E-state index >= 15 is 0 Å². The summed E-state index contributed by atoms with van der Waals surface area (Å²) >= 11 is 0. The number of ether oxygens (including phenoxy) is 3. The van der Waals surface area contributed by atoms with Gasteiger partial charge < -0.3 is 14.2 Å². The van der Waals surface area contributed by atoms with E-state index in [-0.39, 0.29) is 44.0 Å². The van der Waals surface area contributed by atoms with Crippen LogP contribution in [0.4, 0.5) is 0 Å². The van der Waals surface area contributed by atoms with E-state index in [0.29, 0.717) is 19.3 Å². The highest BCUT2D eigenvalue weighted by molar-refractivity contribution is 5.71. The summed E-state index contributed by atoms with van der Waals surface area (Å²) in [4.78, 5) is 38.1. The fraction of sp³-hybridized carbons (Fsp3) is 0.554. The smallest absolute Gasteiger partial charge is 0.306 e. The number of carbonyl (C=O) groups excluding carboxylic acids is 3. The molecular weight excluding hydrogens is 877 g/mol. The Hall–Kier alpha value is -4.97. The third kappa shape index (κ3) is 55.8. The van der Waals surface area contributed by atoms with Crippen molar-refractivity contribution < 1.29 is 28.6 Å². The van der Waals surface area contributed by atoms with Crippen molar-refractivity contribution in [1.29, 1.82) is 0 Å². The van der Waals surface area contributed by atoms with Gasteiger partial charge in [-0.05, 0) is 141 Å². The van der Waals surface area contributed by atoms with Crippen LogP contribution in [0.15, 0.2) is 158 Å². The Balaban J connectivity index is 4.62. The van der Waals surface area contributed by atoms with Crippen molar-refractivity contribution in [3.8, 4) is 0 Å². The van der Waals surface area contributed by atoms with E-state index < -0.39 is 6.10 Å². The van der Waals surface area contributed by atoms with E-state index in [1.165, 1.54) is 25.7 Å².